The van der Waals surface area contributed by atoms with Crippen LogP contribution in [0.15, 0.2) is 5.38 Å². The lowest BCUT2D eigenvalue weighted by molar-refractivity contribution is -0.139. The molecule has 1 aromatic heterocycles. The largest absolute Gasteiger partial charge is 0.480 e. The van der Waals surface area contributed by atoms with E-state index in [1.165, 1.54) is 17.1 Å². The molecule has 22 heavy (non-hydrogen) atoms. The summed E-state index contributed by atoms with van der Waals surface area (Å²) in [5.41, 5.74) is 0.117. The number of aliphatic carboxylic acids is 1. The number of amides is 2. The molecule has 2 amide bonds. The van der Waals surface area contributed by atoms with Gasteiger partial charge in [-0.15, -0.1) is 11.3 Å². The average molecular weight is 343 g/mol. The topological polar surface area (TPSA) is 108 Å². The summed E-state index contributed by atoms with van der Waals surface area (Å²) in [5, 5.41) is 16.1. The molecule has 1 atom stereocenters. The standard InChI is InChI=1S/C13H17N3O4S2/c1-21-5-4-8(12(19)20)14-11(18)9-6-22-13(15-9)16-10(17)7-2-3-7/h6-8H,2-5H2,1H3,(H,14,18)(H,19,20)(H,15,16,17). The number of nitrogens with zero attached hydrogens (tertiary/aromatic N) is 1. The van der Waals surface area contributed by atoms with Gasteiger partial charge in [0.15, 0.2) is 5.13 Å². The van der Waals surface area contributed by atoms with Crippen molar-refractivity contribution >= 4 is 46.0 Å². The monoisotopic (exact) mass is 343 g/mol. The van der Waals surface area contributed by atoms with Crippen LogP contribution >= 0.6 is 23.1 Å². The van der Waals surface area contributed by atoms with Gasteiger partial charge in [0.2, 0.25) is 5.91 Å². The zero-order chi connectivity index (χ0) is 16.1. The summed E-state index contributed by atoms with van der Waals surface area (Å²) >= 11 is 2.66. The fraction of sp³-hybridized carbons (Fsp3) is 0.538. The van der Waals surface area contributed by atoms with E-state index in [1.807, 2.05) is 6.26 Å². The van der Waals surface area contributed by atoms with Gasteiger partial charge in [-0.3, -0.25) is 9.59 Å². The first-order valence-electron chi connectivity index (χ1n) is 6.80. The summed E-state index contributed by atoms with van der Waals surface area (Å²) in [6.45, 7) is 0. The molecule has 0 aliphatic heterocycles. The van der Waals surface area contributed by atoms with Crippen molar-refractivity contribution in [2.75, 3.05) is 17.3 Å². The van der Waals surface area contributed by atoms with Crippen molar-refractivity contribution in [2.45, 2.75) is 25.3 Å². The van der Waals surface area contributed by atoms with E-state index in [0.29, 0.717) is 17.3 Å². The maximum Gasteiger partial charge on any atom is 0.326 e. The first kappa shape index (κ1) is 16.8. The summed E-state index contributed by atoms with van der Waals surface area (Å²) in [6, 6.07) is -0.939. The second-order valence-electron chi connectivity index (χ2n) is 4.95. The predicted molar refractivity (Wildman–Crippen MR) is 85.4 cm³/mol. The smallest absolute Gasteiger partial charge is 0.326 e. The van der Waals surface area contributed by atoms with Crippen molar-refractivity contribution in [3.8, 4) is 0 Å². The number of carboxylic acid groups (broad SMARTS) is 1. The van der Waals surface area contributed by atoms with Crippen LogP contribution < -0.4 is 10.6 Å². The molecule has 1 saturated carbocycles. The Hall–Kier alpha value is -1.61. The van der Waals surface area contributed by atoms with Gasteiger partial charge in [0.05, 0.1) is 0 Å². The van der Waals surface area contributed by atoms with Crippen LogP contribution in [0.1, 0.15) is 29.8 Å². The number of hydrogen-bond acceptors (Lipinski definition) is 6. The molecule has 0 bridgehead atoms. The molecule has 1 aliphatic rings. The number of rotatable bonds is 8. The first-order valence-corrected chi connectivity index (χ1v) is 9.07. The van der Waals surface area contributed by atoms with Crippen LogP contribution in [-0.4, -0.2) is 45.9 Å². The molecule has 3 N–H and O–H groups in total. The fourth-order valence-electron chi connectivity index (χ4n) is 1.71. The third-order valence-electron chi connectivity index (χ3n) is 3.13. The summed E-state index contributed by atoms with van der Waals surface area (Å²) in [6.07, 6.45) is 3.99. The van der Waals surface area contributed by atoms with Crippen LogP contribution in [0.3, 0.4) is 0 Å². The quantitative estimate of drug-likeness (QED) is 0.659. The van der Waals surface area contributed by atoms with E-state index in [0.717, 1.165) is 24.2 Å². The van der Waals surface area contributed by atoms with E-state index in [4.69, 9.17) is 5.11 Å². The third kappa shape index (κ3) is 4.70. The van der Waals surface area contributed by atoms with E-state index in [1.54, 1.807) is 0 Å². The number of nitrogens with one attached hydrogen (secondary N) is 2. The van der Waals surface area contributed by atoms with E-state index in [2.05, 4.69) is 15.6 Å². The minimum atomic E-state index is -1.07. The second-order valence-corrected chi connectivity index (χ2v) is 6.79. The van der Waals surface area contributed by atoms with Crippen LogP contribution in [-0.2, 0) is 9.59 Å². The number of thiazole rings is 1. The number of carboxylic acids is 1. The van der Waals surface area contributed by atoms with Gasteiger partial charge in [0.1, 0.15) is 11.7 Å². The Morgan fingerprint density at radius 3 is 2.82 bits per heavy atom. The van der Waals surface area contributed by atoms with Crippen LogP contribution in [0.5, 0.6) is 0 Å². The maximum absolute atomic E-state index is 12.0. The van der Waals surface area contributed by atoms with E-state index >= 15 is 0 Å². The molecule has 1 aliphatic carbocycles. The molecule has 1 unspecified atom stereocenters. The molecule has 120 valence electrons. The minimum Gasteiger partial charge on any atom is -0.480 e. The van der Waals surface area contributed by atoms with Gasteiger partial charge >= 0.3 is 5.97 Å². The lowest BCUT2D eigenvalue weighted by Crippen LogP contribution is -2.41. The molecule has 1 aromatic rings. The van der Waals surface area contributed by atoms with Gasteiger partial charge in [0, 0.05) is 11.3 Å². The van der Waals surface area contributed by atoms with Gasteiger partial charge < -0.3 is 15.7 Å². The molecular formula is C13H17N3O4S2. The molecule has 2 rings (SSSR count). The molecule has 0 radical (unpaired) electrons. The van der Waals surface area contributed by atoms with Gasteiger partial charge in [0.25, 0.3) is 5.91 Å². The Balaban J connectivity index is 1.92. The van der Waals surface area contributed by atoms with Gasteiger partial charge in [-0.25, -0.2) is 9.78 Å². The first-order chi connectivity index (χ1) is 10.5. The Morgan fingerprint density at radius 1 is 1.50 bits per heavy atom. The summed E-state index contributed by atoms with van der Waals surface area (Å²) in [4.78, 5) is 38.8. The molecule has 7 nitrogen and oxygen atoms in total. The molecule has 9 heteroatoms. The Kier molecular flexibility index (Phi) is 5.78. The zero-order valence-electron chi connectivity index (χ0n) is 12.0. The van der Waals surface area contributed by atoms with E-state index in [-0.39, 0.29) is 17.5 Å². The summed E-state index contributed by atoms with van der Waals surface area (Å²) in [7, 11) is 0. The molecule has 0 saturated heterocycles. The van der Waals surface area contributed by atoms with Crippen molar-refractivity contribution in [3.63, 3.8) is 0 Å². The van der Waals surface area contributed by atoms with Gasteiger partial charge in [-0.05, 0) is 31.3 Å². The van der Waals surface area contributed by atoms with Crippen LogP contribution in [0.4, 0.5) is 5.13 Å². The van der Waals surface area contributed by atoms with E-state index < -0.39 is 17.9 Å². The molecule has 1 fully saturated rings. The van der Waals surface area contributed by atoms with Crippen molar-refractivity contribution in [2.24, 2.45) is 5.92 Å². The highest BCUT2D eigenvalue weighted by Gasteiger charge is 2.30. The lowest BCUT2D eigenvalue weighted by atomic mass is 10.2. The Bertz CT molecular complexity index is 571. The molecule has 1 heterocycles. The highest BCUT2D eigenvalue weighted by molar-refractivity contribution is 7.98. The fourth-order valence-corrected chi connectivity index (χ4v) is 2.88. The number of thioether (sulfide) groups is 1. The average Bonchev–Trinajstić information content (AvgIpc) is 3.23. The van der Waals surface area contributed by atoms with Crippen molar-refractivity contribution < 1.29 is 19.5 Å². The van der Waals surface area contributed by atoms with Crippen LogP contribution in [0, 0.1) is 5.92 Å². The van der Waals surface area contributed by atoms with Gasteiger partial charge in [-0.1, -0.05) is 0 Å². The molecular weight excluding hydrogens is 326 g/mol. The maximum atomic E-state index is 12.0. The lowest BCUT2D eigenvalue weighted by Gasteiger charge is -2.12. The predicted octanol–water partition coefficient (Wildman–Crippen LogP) is 1.43. The second kappa shape index (κ2) is 7.59. The number of anilines is 1. The van der Waals surface area contributed by atoms with Crippen molar-refractivity contribution in [1.29, 1.82) is 0 Å². The number of aromatic nitrogens is 1. The zero-order valence-corrected chi connectivity index (χ0v) is 13.6. The summed E-state index contributed by atoms with van der Waals surface area (Å²) < 4.78 is 0. The highest BCUT2D eigenvalue weighted by atomic mass is 32.2. The van der Waals surface area contributed by atoms with Gasteiger partial charge in [-0.2, -0.15) is 11.8 Å². The van der Waals surface area contributed by atoms with E-state index in [9.17, 15) is 14.4 Å². The minimum absolute atomic E-state index is 0.0594. The highest BCUT2D eigenvalue weighted by Crippen LogP contribution is 2.30. The molecule has 0 spiro atoms. The van der Waals surface area contributed by atoms with Crippen LogP contribution in [0.25, 0.3) is 0 Å². The summed E-state index contributed by atoms with van der Waals surface area (Å²) in [5.74, 6) is -0.998. The molecule has 0 aromatic carbocycles. The SMILES string of the molecule is CSCCC(NC(=O)c1csc(NC(=O)C2CC2)n1)C(=O)O. The Labute approximate surface area is 135 Å². The number of hydrogen-bond donors (Lipinski definition) is 3. The number of carbonyl (C=O) groups excluding carboxylic acids is 2. The third-order valence-corrected chi connectivity index (χ3v) is 4.53. The van der Waals surface area contributed by atoms with Crippen LogP contribution in [0.2, 0.25) is 0 Å². The Morgan fingerprint density at radius 2 is 2.23 bits per heavy atom. The number of carbonyl (C=O) groups is 3. The van der Waals surface area contributed by atoms with Crippen molar-refractivity contribution in [1.82, 2.24) is 10.3 Å². The normalized spacial score (nSPS) is 15.1. The van der Waals surface area contributed by atoms with Crippen molar-refractivity contribution in [3.05, 3.63) is 11.1 Å².